The molecular formula is C60H65N5O9. The first-order valence-electron chi connectivity index (χ1n) is 25.8. The summed E-state index contributed by atoms with van der Waals surface area (Å²) < 4.78 is 17.9. The molecule has 0 radical (unpaired) electrons. The van der Waals surface area contributed by atoms with E-state index in [0.717, 1.165) is 48.1 Å². The molecule has 14 nitrogen and oxygen atoms in total. The van der Waals surface area contributed by atoms with E-state index >= 15 is 19.2 Å². The largest absolute Gasteiger partial charge is 0.491 e. The van der Waals surface area contributed by atoms with Crippen molar-refractivity contribution in [1.29, 1.82) is 0 Å². The fraction of sp³-hybridized carbons (Fsp3) is 0.383. The summed E-state index contributed by atoms with van der Waals surface area (Å²) >= 11 is 0. The fourth-order valence-electron chi connectivity index (χ4n) is 11.6. The topological polar surface area (TPSA) is 158 Å². The number of amides is 4. The number of rotatable bonds is 13. The number of aliphatic hydroxyl groups excluding tert-OH is 1. The van der Waals surface area contributed by atoms with Crippen molar-refractivity contribution in [2.75, 3.05) is 51.9 Å². The van der Waals surface area contributed by atoms with Gasteiger partial charge < -0.3 is 29.5 Å². The van der Waals surface area contributed by atoms with E-state index in [-0.39, 0.29) is 18.9 Å². The first-order valence-corrected chi connectivity index (χ1v) is 25.8. The highest BCUT2D eigenvalue weighted by Gasteiger charge is 2.76. The fourth-order valence-corrected chi connectivity index (χ4v) is 11.6. The van der Waals surface area contributed by atoms with E-state index in [4.69, 9.17) is 14.2 Å². The van der Waals surface area contributed by atoms with Gasteiger partial charge in [0.2, 0.25) is 11.8 Å². The Hall–Kier alpha value is -7.31. The molecular weight excluding hydrogens is 935 g/mol. The normalized spacial score (nSPS) is 23.0. The van der Waals surface area contributed by atoms with Crippen LogP contribution in [-0.2, 0) is 40.6 Å². The van der Waals surface area contributed by atoms with E-state index in [0.29, 0.717) is 54.2 Å². The summed E-state index contributed by atoms with van der Waals surface area (Å²) in [5, 5.41) is 12.7. The molecule has 4 aliphatic rings. The van der Waals surface area contributed by atoms with Crippen molar-refractivity contribution < 1.29 is 43.3 Å². The molecule has 0 aromatic heterocycles. The summed E-state index contributed by atoms with van der Waals surface area (Å²) in [5.41, 5.74) is 2.11. The number of imide groups is 1. The van der Waals surface area contributed by atoms with Gasteiger partial charge in [-0.1, -0.05) is 148 Å². The number of anilines is 1. The number of hydrogen-bond acceptors (Lipinski definition) is 11. The van der Waals surface area contributed by atoms with Gasteiger partial charge in [-0.25, -0.2) is 14.5 Å². The SMILES string of the molecule is COC(=O)[C@@H](NC(=O)N1C(=O)[C@@]2(c3cc(C#CCN(C)Cc4ccccc4)ccc31)[C@H](c1cccc(OCCO)c1)N1[C@H](c3ccccc3)[C@H](c3ccccc3)OC(=O)[C@H]1[C@@H]2C(=O)N1CCCCCCC1)C(C)C. The number of esters is 2. The van der Waals surface area contributed by atoms with Gasteiger partial charge in [0.05, 0.1) is 44.0 Å². The smallest absolute Gasteiger partial charge is 0.329 e. The quantitative estimate of drug-likeness (QED) is 0.0873. The average Bonchev–Trinajstić information content (AvgIpc) is 3.89. The van der Waals surface area contributed by atoms with Crippen molar-refractivity contribution in [3.63, 3.8) is 0 Å². The van der Waals surface area contributed by atoms with Crippen LogP contribution in [0.25, 0.3) is 0 Å². The zero-order valence-electron chi connectivity index (χ0n) is 42.5. The Bertz CT molecular complexity index is 2880. The van der Waals surface area contributed by atoms with Crippen LogP contribution in [0.15, 0.2) is 133 Å². The van der Waals surface area contributed by atoms with E-state index in [2.05, 4.69) is 34.2 Å². The van der Waals surface area contributed by atoms with E-state index in [9.17, 15) is 9.90 Å². The van der Waals surface area contributed by atoms with Gasteiger partial charge in [0.15, 0.2) is 0 Å². The average molecular weight is 1000 g/mol. The zero-order chi connectivity index (χ0) is 51.9. The van der Waals surface area contributed by atoms with Crippen LogP contribution >= 0.6 is 0 Å². The number of methoxy groups -OCH3 is 1. The third-order valence-corrected chi connectivity index (χ3v) is 14.9. The molecule has 3 fully saturated rings. The molecule has 74 heavy (non-hydrogen) atoms. The van der Waals surface area contributed by atoms with E-state index in [1.165, 1.54) is 7.11 Å². The number of nitrogens with one attached hydrogen (secondary N) is 1. The van der Waals surface area contributed by atoms with Crippen LogP contribution in [0.4, 0.5) is 10.5 Å². The second kappa shape index (κ2) is 22.8. The highest BCUT2D eigenvalue weighted by atomic mass is 16.6. The van der Waals surface area contributed by atoms with Crippen molar-refractivity contribution in [2.24, 2.45) is 11.8 Å². The van der Waals surface area contributed by atoms with Crippen molar-refractivity contribution >= 4 is 35.5 Å². The summed E-state index contributed by atoms with van der Waals surface area (Å²) in [5.74, 6) is 2.60. The molecule has 4 heterocycles. The standard InChI is InChI=1S/C60H65N5O9/c1-40(2)50(56(68)72-4)61-59(71)64-48-31-30-41(23-20-32-62(3)39-42-21-11-8-12-22-42)37-47(48)60(58(64)70)49(55(67)63-33-17-6-5-7-18-34-63)52-57(69)74-53(44-26-15-10-16-27-44)51(43-24-13-9-14-25-43)65(52)54(60)45-28-19-29-46(38-45)73-36-35-66/h8-16,19,21-22,24-31,37-38,40,49-54,66H,5-7,17-18,32-36,39H2,1-4H3,(H,61,71)/t49-,50+,51-,52-,53+,54+,60-/m1/s1. The zero-order valence-corrected chi connectivity index (χ0v) is 42.5. The van der Waals surface area contributed by atoms with Gasteiger partial charge in [-0.2, -0.15) is 0 Å². The maximum absolute atomic E-state index is 16.9. The molecule has 5 aromatic rings. The van der Waals surface area contributed by atoms with Gasteiger partial charge in [0, 0.05) is 25.2 Å². The number of carbonyl (C=O) groups excluding carboxylic acids is 5. The number of aliphatic hydroxyl groups is 1. The van der Waals surface area contributed by atoms with Crippen molar-refractivity contribution in [3.05, 3.63) is 167 Å². The number of ether oxygens (including phenoxy) is 3. The minimum Gasteiger partial charge on any atom is -0.491 e. The highest BCUT2D eigenvalue weighted by Crippen LogP contribution is 2.66. The lowest BCUT2D eigenvalue weighted by Gasteiger charge is -2.46. The van der Waals surface area contributed by atoms with Gasteiger partial charge in [0.25, 0.3) is 0 Å². The van der Waals surface area contributed by atoms with Gasteiger partial charge in [-0.05, 0) is 84.0 Å². The van der Waals surface area contributed by atoms with E-state index < -0.39 is 77.3 Å². The van der Waals surface area contributed by atoms with Crippen LogP contribution in [0.3, 0.4) is 0 Å². The molecule has 4 amide bonds. The Morgan fingerprint density at radius 2 is 1.46 bits per heavy atom. The third-order valence-electron chi connectivity index (χ3n) is 14.9. The number of likely N-dealkylation sites (tertiary alicyclic amines) is 1. The van der Waals surface area contributed by atoms with Gasteiger partial charge in [-0.15, -0.1) is 0 Å². The summed E-state index contributed by atoms with van der Waals surface area (Å²) in [4.78, 5) is 84.5. The molecule has 1 spiro atoms. The molecule has 2 N–H and O–H groups in total. The predicted molar refractivity (Wildman–Crippen MR) is 279 cm³/mol. The number of urea groups is 1. The van der Waals surface area contributed by atoms with Crippen LogP contribution < -0.4 is 15.0 Å². The minimum absolute atomic E-state index is 0.0216. The number of carbonyl (C=O) groups is 5. The molecule has 9 rings (SSSR count). The highest BCUT2D eigenvalue weighted by molar-refractivity contribution is 6.25. The van der Waals surface area contributed by atoms with Gasteiger partial charge >= 0.3 is 18.0 Å². The molecule has 384 valence electrons. The number of hydrogen-bond donors (Lipinski definition) is 2. The lowest BCUT2D eigenvalue weighted by molar-refractivity contribution is -0.179. The molecule has 3 saturated heterocycles. The Morgan fingerprint density at radius 3 is 2.12 bits per heavy atom. The van der Waals surface area contributed by atoms with Crippen LogP contribution in [0.1, 0.15) is 97.5 Å². The Balaban J connectivity index is 1.33. The molecule has 14 heteroatoms. The summed E-state index contributed by atoms with van der Waals surface area (Å²) in [6, 6.07) is 36.2. The molecule has 5 aromatic carbocycles. The summed E-state index contributed by atoms with van der Waals surface area (Å²) in [7, 11) is 3.22. The van der Waals surface area contributed by atoms with Gasteiger partial charge in [0.1, 0.15) is 36.0 Å². The number of cyclic esters (lactones) is 1. The van der Waals surface area contributed by atoms with Crippen LogP contribution in [0.2, 0.25) is 0 Å². The molecule has 7 atom stereocenters. The number of nitrogens with zero attached hydrogens (tertiary/aromatic N) is 4. The second-order valence-electron chi connectivity index (χ2n) is 20.0. The number of fused-ring (bicyclic) bond motifs is 3. The van der Waals surface area contributed by atoms with Gasteiger partial charge in [-0.3, -0.25) is 24.2 Å². The summed E-state index contributed by atoms with van der Waals surface area (Å²) in [6.07, 6.45) is 3.37. The maximum atomic E-state index is 16.9. The molecule has 0 saturated carbocycles. The van der Waals surface area contributed by atoms with E-state index in [1.54, 1.807) is 55.1 Å². The van der Waals surface area contributed by atoms with Crippen molar-refractivity contribution in [3.8, 4) is 17.6 Å². The Morgan fingerprint density at radius 1 is 0.811 bits per heavy atom. The first kappa shape index (κ1) is 51.6. The lowest BCUT2D eigenvalue weighted by Crippen LogP contribution is -2.58. The molecule has 0 bridgehead atoms. The number of morpholine rings is 1. The second-order valence-corrected chi connectivity index (χ2v) is 20.0. The van der Waals surface area contributed by atoms with Crippen molar-refractivity contribution in [1.82, 2.24) is 20.0 Å². The molecule has 0 unspecified atom stereocenters. The minimum atomic E-state index is -2.04. The van der Waals surface area contributed by atoms with Crippen LogP contribution in [0.5, 0.6) is 5.75 Å². The lowest BCUT2D eigenvalue weighted by atomic mass is 9.64. The molecule has 4 aliphatic heterocycles. The Labute approximate surface area is 433 Å². The maximum Gasteiger partial charge on any atom is 0.329 e. The predicted octanol–water partition coefficient (Wildman–Crippen LogP) is 7.91. The van der Waals surface area contributed by atoms with Crippen LogP contribution in [0, 0.1) is 23.7 Å². The van der Waals surface area contributed by atoms with Crippen LogP contribution in [-0.4, -0.2) is 109 Å². The number of benzene rings is 5. The third kappa shape index (κ3) is 10.0. The Kier molecular flexibility index (Phi) is 15.9. The van der Waals surface area contributed by atoms with Crippen molar-refractivity contribution in [2.45, 2.75) is 88.2 Å². The summed E-state index contributed by atoms with van der Waals surface area (Å²) in [6.45, 7) is 5.11. The molecule has 0 aliphatic carbocycles. The first-order chi connectivity index (χ1) is 36.0. The van der Waals surface area contributed by atoms with E-state index in [1.807, 2.05) is 96.9 Å². The monoisotopic (exact) mass is 999 g/mol.